The van der Waals surface area contributed by atoms with E-state index in [4.69, 9.17) is 4.52 Å². The number of nitrogens with one attached hydrogen (secondary N) is 1. The predicted molar refractivity (Wildman–Crippen MR) is 126 cm³/mol. The fourth-order valence-electron chi connectivity index (χ4n) is 3.50. The van der Waals surface area contributed by atoms with Crippen molar-refractivity contribution < 1.29 is 9.32 Å². The van der Waals surface area contributed by atoms with Crippen LogP contribution >= 0.6 is 15.9 Å². The summed E-state index contributed by atoms with van der Waals surface area (Å²) in [6.07, 6.45) is 0. The zero-order chi connectivity index (χ0) is 22.0. The molecule has 1 saturated heterocycles. The van der Waals surface area contributed by atoms with E-state index in [9.17, 15) is 4.79 Å². The van der Waals surface area contributed by atoms with Gasteiger partial charge < -0.3 is 19.6 Å². The second-order valence-corrected chi connectivity index (χ2v) is 8.88. The molecule has 1 fully saturated rings. The highest BCUT2D eigenvalue weighted by molar-refractivity contribution is 9.10. The zero-order valence-corrected chi connectivity index (χ0v) is 19.5. The molecule has 31 heavy (non-hydrogen) atoms. The first-order valence-electron chi connectivity index (χ1n) is 10.4. The Bertz CT molecular complexity index is 1060. The van der Waals surface area contributed by atoms with Crippen LogP contribution in [0, 0.1) is 6.92 Å². The third-order valence-electron chi connectivity index (χ3n) is 5.40. The van der Waals surface area contributed by atoms with Gasteiger partial charge in [0.05, 0.1) is 0 Å². The second kappa shape index (κ2) is 9.09. The molecule has 4 rings (SSSR count). The third-order valence-corrected chi connectivity index (χ3v) is 6.29. The summed E-state index contributed by atoms with van der Waals surface area (Å²) in [5.41, 5.74) is 3.96. The van der Waals surface area contributed by atoms with Crippen molar-refractivity contribution in [1.82, 2.24) is 15.0 Å². The second-order valence-electron chi connectivity index (χ2n) is 8.03. The van der Waals surface area contributed by atoms with Gasteiger partial charge in [0.2, 0.25) is 11.7 Å². The number of rotatable bonds is 4. The van der Waals surface area contributed by atoms with E-state index in [-0.39, 0.29) is 11.9 Å². The van der Waals surface area contributed by atoms with E-state index in [2.05, 4.69) is 48.4 Å². The maximum absolute atomic E-state index is 12.6. The van der Waals surface area contributed by atoms with Crippen LogP contribution in [0.3, 0.4) is 0 Å². The number of halogens is 1. The number of carbonyl (C=O) groups excluding carboxylic acids is 1. The molecule has 1 aliphatic rings. The highest BCUT2D eigenvalue weighted by Gasteiger charge is 2.22. The number of aromatic nitrogens is 2. The normalized spacial score (nSPS) is 14.2. The molecule has 7 nitrogen and oxygen atoms in total. The summed E-state index contributed by atoms with van der Waals surface area (Å²) >= 11 is 3.48. The molecule has 162 valence electrons. The summed E-state index contributed by atoms with van der Waals surface area (Å²) in [4.78, 5) is 21.2. The van der Waals surface area contributed by atoms with Gasteiger partial charge >= 0.3 is 6.03 Å². The Morgan fingerprint density at radius 3 is 2.42 bits per heavy atom. The summed E-state index contributed by atoms with van der Waals surface area (Å²) in [5.74, 6) is 1.47. The van der Waals surface area contributed by atoms with Crippen molar-refractivity contribution in [3.63, 3.8) is 0 Å². The standard InChI is InChI=1S/C23H26BrN5O2/c1-15(2)22-26-21(27-31-22)17-4-7-19(8-5-17)28-10-12-29(13-11-28)23(30)25-18-6-9-20(24)16(3)14-18/h4-9,14-15H,10-13H2,1-3H3,(H,25,30). The predicted octanol–water partition coefficient (Wildman–Crippen LogP) is 5.29. The van der Waals surface area contributed by atoms with Crippen molar-refractivity contribution in [2.45, 2.75) is 26.7 Å². The molecule has 0 atom stereocenters. The molecular formula is C23H26BrN5O2. The topological polar surface area (TPSA) is 74.5 Å². The Hall–Kier alpha value is -2.87. The minimum absolute atomic E-state index is 0.0604. The molecule has 2 aromatic carbocycles. The number of nitrogens with zero attached hydrogens (tertiary/aromatic N) is 4. The average molecular weight is 484 g/mol. The van der Waals surface area contributed by atoms with Crippen molar-refractivity contribution in [1.29, 1.82) is 0 Å². The Morgan fingerprint density at radius 2 is 1.81 bits per heavy atom. The lowest BCUT2D eigenvalue weighted by atomic mass is 10.1. The maximum atomic E-state index is 12.6. The van der Waals surface area contributed by atoms with Crippen molar-refractivity contribution in [2.24, 2.45) is 0 Å². The van der Waals surface area contributed by atoms with Crippen LogP contribution in [0.1, 0.15) is 31.2 Å². The van der Waals surface area contributed by atoms with Crippen molar-refractivity contribution >= 4 is 33.3 Å². The Balaban J connectivity index is 1.33. The first kappa shape index (κ1) is 21.4. The number of hydrogen-bond donors (Lipinski definition) is 1. The fourth-order valence-corrected chi connectivity index (χ4v) is 3.75. The van der Waals surface area contributed by atoms with Gasteiger partial charge in [-0.2, -0.15) is 4.98 Å². The molecule has 0 radical (unpaired) electrons. The summed E-state index contributed by atoms with van der Waals surface area (Å²) in [7, 11) is 0. The van der Waals surface area contributed by atoms with Crippen molar-refractivity contribution in [2.75, 3.05) is 36.4 Å². The van der Waals surface area contributed by atoms with E-state index in [1.54, 1.807) is 0 Å². The summed E-state index contributed by atoms with van der Waals surface area (Å²) in [6.45, 7) is 8.97. The molecule has 3 aromatic rings. The van der Waals surface area contributed by atoms with Crippen molar-refractivity contribution in [3.05, 3.63) is 58.4 Å². The van der Waals surface area contributed by atoms with Gasteiger partial charge in [-0.15, -0.1) is 0 Å². The van der Waals surface area contributed by atoms with Crippen LogP contribution in [-0.2, 0) is 0 Å². The van der Waals surface area contributed by atoms with Crippen LogP contribution < -0.4 is 10.2 Å². The first-order chi connectivity index (χ1) is 14.9. The first-order valence-corrected chi connectivity index (χ1v) is 11.2. The molecule has 8 heteroatoms. The largest absolute Gasteiger partial charge is 0.368 e. The lowest BCUT2D eigenvalue weighted by Crippen LogP contribution is -2.50. The Labute approximate surface area is 190 Å². The number of aryl methyl sites for hydroxylation is 1. The van der Waals surface area contributed by atoms with Crippen LogP contribution in [0.15, 0.2) is 51.5 Å². The van der Waals surface area contributed by atoms with Gasteiger partial charge in [-0.25, -0.2) is 4.79 Å². The lowest BCUT2D eigenvalue weighted by molar-refractivity contribution is 0.208. The number of urea groups is 1. The highest BCUT2D eigenvalue weighted by atomic mass is 79.9. The van der Waals surface area contributed by atoms with E-state index >= 15 is 0 Å². The number of benzene rings is 2. The summed E-state index contributed by atoms with van der Waals surface area (Å²) in [5, 5.41) is 7.06. The molecule has 2 amide bonds. The zero-order valence-electron chi connectivity index (χ0n) is 17.9. The molecule has 0 aliphatic carbocycles. The third kappa shape index (κ3) is 4.90. The van der Waals surface area contributed by atoms with E-state index in [0.717, 1.165) is 40.1 Å². The summed E-state index contributed by atoms with van der Waals surface area (Å²) in [6, 6.07) is 13.9. The van der Waals surface area contributed by atoms with Gasteiger partial charge in [-0.05, 0) is 55.0 Å². The van der Waals surface area contributed by atoms with Gasteiger partial charge in [-0.1, -0.05) is 34.9 Å². The van der Waals surface area contributed by atoms with E-state index in [1.165, 1.54) is 0 Å². The number of amides is 2. The molecule has 1 aliphatic heterocycles. The lowest BCUT2D eigenvalue weighted by Gasteiger charge is -2.36. The van der Waals surface area contributed by atoms with Gasteiger partial charge in [0.15, 0.2) is 0 Å². The molecule has 0 spiro atoms. The molecular weight excluding hydrogens is 458 g/mol. The van der Waals surface area contributed by atoms with Gasteiger partial charge in [0.25, 0.3) is 0 Å². The number of anilines is 2. The SMILES string of the molecule is Cc1cc(NC(=O)N2CCN(c3ccc(-c4noc(C(C)C)n4)cc3)CC2)ccc1Br. The molecule has 0 saturated carbocycles. The van der Waals surface area contributed by atoms with Crippen LogP contribution in [0.4, 0.5) is 16.2 Å². The average Bonchev–Trinajstić information content (AvgIpc) is 3.27. The Morgan fingerprint density at radius 1 is 1.10 bits per heavy atom. The summed E-state index contributed by atoms with van der Waals surface area (Å²) < 4.78 is 6.33. The van der Waals surface area contributed by atoms with Gasteiger partial charge in [-0.3, -0.25) is 0 Å². The quantitative estimate of drug-likeness (QED) is 0.545. The molecule has 1 N–H and O–H groups in total. The number of piperazine rings is 1. The monoisotopic (exact) mass is 483 g/mol. The van der Waals surface area contributed by atoms with Crippen LogP contribution in [0.2, 0.25) is 0 Å². The van der Waals surface area contributed by atoms with E-state index in [0.29, 0.717) is 24.8 Å². The highest BCUT2D eigenvalue weighted by Crippen LogP contribution is 2.24. The maximum Gasteiger partial charge on any atom is 0.321 e. The molecule has 0 bridgehead atoms. The van der Waals surface area contributed by atoms with Crippen LogP contribution in [0.25, 0.3) is 11.4 Å². The minimum atomic E-state index is -0.0604. The molecule has 0 unspecified atom stereocenters. The van der Waals surface area contributed by atoms with Gasteiger partial charge in [0, 0.05) is 53.5 Å². The van der Waals surface area contributed by atoms with E-state index in [1.807, 2.05) is 56.0 Å². The number of hydrogen-bond acceptors (Lipinski definition) is 5. The molecule has 2 heterocycles. The van der Waals surface area contributed by atoms with E-state index < -0.39 is 0 Å². The fraction of sp³-hybridized carbons (Fsp3) is 0.348. The Kier molecular flexibility index (Phi) is 6.27. The minimum Gasteiger partial charge on any atom is -0.368 e. The van der Waals surface area contributed by atoms with Crippen LogP contribution in [0.5, 0.6) is 0 Å². The van der Waals surface area contributed by atoms with Crippen molar-refractivity contribution in [3.8, 4) is 11.4 Å². The smallest absolute Gasteiger partial charge is 0.321 e. The van der Waals surface area contributed by atoms with Crippen LogP contribution in [-0.4, -0.2) is 47.3 Å². The van der Waals surface area contributed by atoms with Gasteiger partial charge in [0.1, 0.15) is 0 Å². The molecule has 1 aromatic heterocycles. The number of carbonyl (C=O) groups is 1.